The first kappa shape index (κ1) is 16.3. The Kier molecular flexibility index (Phi) is 4.13. The van der Waals surface area contributed by atoms with E-state index in [2.05, 4.69) is 20.2 Å². The summed E-state index contributed by atoms with van der Waals surface area (Å²) in [6.07, 6.45) is -2.89. The number of rotatable bonds is 3. The Morgan fingerprint density at radius 2 is 2.36 bits per heavy atom. The number of alkyl halides is 2. The van der Waals surface area contributed by atoms with Gasteiger partial charge in [0.05, 0.1) is 6.61 Å². The van der Waals surface area contributed by atoms with Gasteiger partial charge in [-0.05, 0) is 16.8 Å². The number of nitrogens with zero attached hydrogens (tertiary/aromatic N) is 6. The quantitative estimate of drug-likeness (QED) is 0.145. The van der Waals surface area contributed by atoms with Gasteiger partial charge in [0.2, 0.25) is 5.72 Å². The van der Waals surface area contributed by atoms with Gasteiger partial charge in [-0.15, -0.1) is 0 Å². The molecule has 0 aliphatic carbocycles. The van der Waals surface area contributed by atoms with E-state index >= 15 is 0 Å². The first-order valence-electron chi connectivity index (χ1n) is 5.76. The van der Waals surface area contributed by atoms with E-state index in [9.17, 15) is 14.6 Å². The monoisotopic (exact) mass is 335 g/mol. The maximum Gasteiger partial charge on any atom is 0.270 e. The van der Waals surface area contributed by atoms with Crippen molar-refractivity contribution in [3.8, 4) is 0 Å². The van der Waals surface area contributed by atoms with Crippen LogP contribution in [0.3, 0.4) is 0 Å². The average Bonchev–Trinajstić information content (AvgIpc) is 2.69. The molecule has 2 rings (SSSR count). The Labute approximate surface area is 126 Å². The first-order valence-corrected chi connectivity index (χ1v) is 6.13. The molecule has 1 aliphatic rings. The highest BCUT2D eigenvalue weighted by molar-refractivity contribution is 6.23. The smallest absolute Gasteiger partial charge is 0.270 e. The maximum absolute atomic E-state index is 14.7. The van der Waals surface area contributed by atoms with Gasteiger partial charge in [0.1, 0.15) is 11.9 Å². The second-order valence-corrected chi connectivity index (χ2v) is 4.98. The summed E-state index contributed by atoms with van der Waals surface area (Å²) in [5.41, 5.74) is 11.1. The number of anilines is 1. The van der Waals surface area contributed by atoms with Crippen LogP contribution < -0.4 is 11.4 Å². The second-order valence-electron chi connectivity index (χ2n) is 4.40. The van der Waals surface area contributed by atoms with Crippen LogP contribution in [0, 0.1) is 0 Å². The Morgan fingerprint density at radius 1 is 1.68 bits per heavy atom. The molecule has 22 heavy (non-hydrogen) atoms. The third-order valence-electron chi connectivity index (χ3n) is 3.09. The predicted octanol–water partition coefficient (Wildman–Crippen LogP) is -0.452. The van der Waals surface area contributed by atoms with Crippen molar-refractivity contribution in [3.05, 3.63) is 28.3 Å². The fraction of sp³-hybridized carbons (Fsp3) is 0.556. The fourth-order valence-electron chi connectivity index (χ4n) is 2.01. The molecule has 0 spiro atoms. The van der Waals surface area contributed by atoms with Gasteiger partial charge in [0, 0.05) is 11.1 Å². The lowest BCUT2D eigenvalue weighted by molar-refractivity contribution is -0.125. The molecule has 120 valence electrons. The molecule has 0 radical (unpaired) electrons. The lowest BCUT2D eigenvalue weighted by Crippen LogP contribution is -2.47. The van der Waals surface area contributed by atoms with Crippen molar-refractivity contribution in [2.75, 3.05) is 12.3 Å². The third-order valence-corrected chi connectivity index (χ3v) is 3.48. The molecule has 0 saturated carbocycles. The van der Waals surface area contributed by atoms with Gasteiger partial charge < -0.3 is 25.9 Å². The van der Waals surface area contributed by atoms with E-state index in [0.717, 1.165) is 10.8 Å². The van der Waals surface area contributed by atoms with E-state index in [-0.39, 0.29) is 5.82 Å². The minimum absolute atomic E-state index is 0.0370. The number of aliphatic hydroxyl groups excluding tert-OH is 2. The van der Waals surface area contributed by atoms with Crippen LogP contribution >= 0.6 is 11.6 Å². The molecule has 0 aromatic carbocycles. The minimum atomic E-state index is -3.02. The van der Waals surface area contributed by atoms with Gasteiger partial charge in [0.25, 0.3) is 10.7 Å². The van der Waals surface area contributed by atoms with Crippen LogP contribution in [0.15, 0.2) is 22.5 Å². The molecule has 13 heteroatoms. The number of nitrogens with two attached hydrogens (primary N) is 1. The van der Waals surface area contributed by atoms with Crippen molar-refractivity contribution in [1.82, 2.24) is 9.55 Å². The van der Waals surface area contributed by atoms with E-state index in [0.29, 0.717) is 0 Å². The largest absolute Gasteiger partial charge is 0.408 e. The highest BCUT2D eigenvalue weighted by Crippen LogP contribution is 2.49. The SMILES string of the molecule is [N-]=[N+]=N[C@]1(CO)O[C@@H](n2ccc(N)n/c2=N\O)[C@@](F)(Cl)[C@@H]1O. The molecule has 1 fully saturated rings. The van der Waals surface area contributed by atoms with Gasteiger partial charge in [0.15, 0.2) is 6.23 Å². The van der Waals surface area contributed by atoms with Crippen LogP contribution in [-0.4, -0.2) is 48.5 Å². The van der Waals surface area contributed by atoms with Gasteiger partial charge in [-0.3, -0.25) is 4.57 Å². The highest BCUT2D eigenvalue weighted by atomic mass is 35.5. The van der Waals surface area contributed by atoms with E-state index in [1.807, 2.05) is 0 Å². The number of azide groups is 1. The van der Waals surface area contributed by atoms with Crippen LogP contribution in [0.4, 0.5) is 10.2 Å². The zero-order chi connectivity index (χ0) is 16.5. The highest BCUT2D eigenvalue weighted by Gasteiger charge is 2.65. The Hall–Kier alpha value is -2.11. The summed E-state index contributed by atoms with van der Waals surface area (Å²) in [4.78, 5) is 6.02. The summed E-state index contributed by atoms with van der Waals surface area (Å²) in [6.45, 7) is -1.04. The van der Waals surface area contributed by atoms with E-state index in [1.165, 1.54) is 6.07 Å². The van der Waals surface area contributed by atoms with E-state index < -0.39 is 35.4 Å². The Balaban J connectivity index is 2.60. The Bertz CT molecular complexity index is 691. The summed E-state index contributed by atoms with van der Waals surface area (Å²) < 4.78 is 20.6. The molecule has 1 aromatic heterocycles. The number of hydrogen-bond donors (Lipinski definition) is 4. The van der Waals surface area contributed by atoms with Gasteiger partial charge in [-0.2, -0.15) is 4.98 Å². The lowest BCUT2D eigenvalue weighted by Gasteiger charge is -2.24. The molecule has 0 unspecified atom stereocenters. The standard InChI is InChI=1S/C9H11ClFN7O4/c10-9(11)5(20)8(3-19,16-17-13)22-6(9)18-2-1-4(12)14-7(18)15-21/h1-2,5-6,19-21H,3H2,(H2,12,14,15)/t5-,6-,8-,9-/m1/s1. The number of aromatic nitrogens is 2. The fourth-order valence-corrected chi connectivity index (χ4v) is 2.33. The number of aliphatic hydroxyl groups is 2. The molecule has 11 nitrogen and oxygen atoms in total. The molecule has 2 heterocycles. The minimum Gasteiger partial charge on any atom is -0.408 e. The van der Waals surface area contributed by atoms with Gasteiger partial charge in [-0.25, -0.2) is 4.39 Å². The molecule has 4 atom stereocenters. The molecular formula is C9H11ClFN7O4. The van der Waals surface area contributed by atoms with Gasteiger partial charge in [-0.1, -0.05) is 16.7 Å². The molecule has 0 amide bonds. The normalized spacial score (nSPS) is 35.4. The number of ether oxygens (including phenoxy) is 1. The second kappa shape index (κ2) is 5.59. The summed E-state index contributed by atoms with van der Waals surface area (Å²) in [5, 5.41) is 31.0. The average molecular weight is 336 g/mol. The van der Waals surface area contributed by atoms with Crippen LogP contribution in [0.5, 0.6) is 0 Å². The summed E-state index contributed by atoms with van der Waals surface area (Å²) in [5.74, 6) is -0.0370. The van der Waals surface area contributed by atoms with Crippen LogP contribution in [-0.2, 0) is 4.74 Å². The zero-order valence-corrected chi connectivity index (χ0v) is 11.5. The third kappa shape index (κ3) is 2.32. The van der Waals surface area contributed by atoms with Crippen molar-refractivity contribution in [2.45, 2.75) is 23.2 Å². The van der Waals surface area contributed by atoms with E-state index in [4.69, 9.17) is 32.8 Å². The number of hydrogen-bond acceptors (Lipinski definition) is 8. The lowest BCUT2D eigenvalue weighted by atomic mass is 10.1. The van der Waals surface area contributed by atoms with Crippen molar-refractivity contribution in [2.24, 2.45) is 10.3 Å². The molecule has 5 N–H and O–H groups in total. The zero-order valence-electron chi connectivity index (χ0n) is 10.8. The summed E-state index contributed by atoms with van der Waals surface area (Å²) >= 11 is 5.65. The molecule has 1 aliphatic heterocycles. The molecule has 0 bridgehead atoms. The molecule has 1 saturated heterocycles. The summed E-state index contributed by atoms with van der Waals surface area (Å²) in [6, 6.07) is 1.23. The predicted molar refractivity (Wildman–Crippen MR) is 68.8 cm³/mol. The van der Waals surface area contributed by atoms with Crippen molar-refractivity contribution in [3.63, 3.8) is 0 Å². The maximum atomic E-state index is 14.7. The van der Waals surface area contributed by atoms with Crippen LogP contribution in [0.1, 0.15) is 6.23 Å². The van der Waals surface area contributed by atoms with Crippen molar-refractivity contribution < 1.29 is 24.5 Å². The summed E-state index contributed by atoms with van der Waals surface area (Å²) in [7, 11) is 0. The first-order chi connectivity index (χ1) is 10.3. The van der Waals surface area contributed by atoms with Gasteiger partial charge >= 0.3 is 0 Å². The number of nitrogen functional groups attached to an aromatic ring is 1. The van der Waals surface area contributed by atoms with Crippen molar-refractivity contribution in [1.29, 1.82) is 0 Å². The van der Waals surface area contributed by atoms with Crippen molar-refractivity contribution >= 4 is 17.4 Å². The van der Waals surface area contributed by atoms with E-state index in [1.54, 1.807) is 0 Å². The Morgan fingerprint density at radius 3 is 2.91 bits per heavy atom. The molecular weight excluding hydrogens is 325 g/mol. The van der Waals surface area contributed by atoms with Crippen LogP contribution in [0.2, 0.25) is 0 Å². The topological polar surface area (TPSA) is 175 Å². The van der Waals surface area contributed by atoms with Crippen LogP contribution in [0.25, 0.3) is 10.4 Å². The molecule has 1 aromatic rings. The number of halogens is 2.